The minimum absolute atomic E-state index is 0.161. The molecule has 2 atom stereocenters. The summed E-state index contributed by atoms with van der Waals surface area (Å²) in [6.07, 6.45) is 5.40. The third-order valence-electron chi connectivity index (χ3n) is 3.97. The van der Waals surface area contributed by atoms with Crippen LogP contribution in [0.1, 0.15) is 45.7 Å². The summed E-state index contributed by atoms with van der Waals surface area (Å²) in [6.45, 7) is 8.12. The van der Waals surface area contributed by atoms with Gasteiger partial charge < -0.3 is 5.11 Å². The molecule has 0 saturated carbocycles. The molecule has 0 amide bonds. The average Bonchev–Trinajstić information content (AvgIpc) is 3.00. The van der Waals surface area contributed by atoms with Gasteiger partial charge in [-0.3, -0.25) is 0 Å². The van der Waals surface area contributed by atoms with Crippen LogP contribution < -0.4 is 0 Å². The van der Waals surface area contributed by atoms with Crippen molar-refractivity contribution >= 4 is 17.2 Å². The van der Waals surface area contributed by atoms with Crippen LogP contribution >= 0.6 is 11.6 Å². The molecular weight excluding hydrogens is 310 g/mol. The van der Waals surface area contributed by atoms with Crippen molar-refractivity contribution in [2.45, 2.75) is 46.3 Å². The third-order valence-corrected chi connectivity index (χ3v) is 4.21. The maximum atomic E-state index is 10.7. The summed E-state index contributed by atoms with van der Waals surface area (Å²) in [4.78, 5) is 4.01. The van der Waals surface area contributed by atoms with Gasteiger partial charge in [-0.05, 0) is 42.0 Å². The average molecular weight is 334 g/mol. The monoisotopic (exact) mass is 333 g/mol. The van der Waals surface area contributed by atoms with E-state index >= 15 is 0 Å². The standard InChI is InChI=1S/C18H24ClN3O/c1-13(14-6-5-7-15(19)10-14)8-9-16(17(23)18(2,3)4)22-12-20-11-21-22/h5-8,10-12,16-17,23H,9H2,1-4H3/b13-8+. The maximum absolute atomic E-state index is 10.7. The number of allylic oxidation sites excluding steroid dienone is 2. The van der Waals surface area contributed by atoms with Crippen molar-refractivity contribution in [3.63, 3.8) is 0 Å². The molecule has 0 fully saturated rings. The van der Waals surface area contributed by atoms with Gasteiger partial charge in [-0.2, -0.15) is 5.10 Å². The molecule has 2 rings (SSSR count). The Morgan fingerprint density at radius 2 is 2.13 bits per heavy atom. The van der Waals surface area contributed by atoms with Crippen LogP contribution in [-0.4, -0.2) is 26.0 Å². The number of halogens is 1. The molecule has 124 valence electrons. The van der Waals surface area contributed by atoms with E-state index in [4.69, 9.17) is 11.6 Å². The van der Waals surface area contributed by atoms with Crippen LogP contribution in [0.4, 0.5) is 0 Å². The van der Waals surface area contributed by atoms with Crippen molar-refractivity contribution in [2.75, 3.05) is 0 Å². The van der Waals surface area contributed by atoms with Crippen LogP contribution in [0.15, 0.2) is 43.0 Å². The van der Waals surface area contributed by atoms with Crippen molar-refractivity contribution < 1.29 is 5.11 Å². The summed E-state index contributed by atoms with van der Waals surface area (Å²) < 4.78 is 1.73. The number of aliphatic hydroxyl groups is 1. The number of nitrogens with zero attached hydrogens (tertiary/aromatic N) is 3. The highest BCUT2D eigenvalue weighted by atomic mass is 35.5. The zero-order chi connectivity index (χ0) is 17.0. The lowest BCUT2D eigenvalue weighted by Crippen LogP contribution is -2.35. The fourth-order valence-electron chi connectivity index (χ4n) is 2.50. The maximum Gasteiger partial charge on any atom is 0.137 e. The van der Waals surface area contributed by atoms with E-state index in [0.717, 1.165) is 16.2 Å². The number of rotatable bonds is 5. The number of aliphatic hydroxyl groups excluding tert-OH is 1. The number of aromatic nitrogens is 3. The summed E-state index contributed by atoms with van der Waals surface area (Å²) in [5.74, 6) is 0. The van der Waals surface area contributed by atoms with Crippen molar-refractivity contribution in [1.29, 1.82) is 0 Å². The van der Waals surface area contributed by atoms with E-state index in [9.17, 15) is 5.11 Å². The molecule has 0 aliphatic rings. The molecule has 1 aromatic heterocycles. The van der Waals surface area contributed by atoms with E-state index in [1.54, 1.807) is 11.0 Å². The molecule has 0 aliphatic heterocycles. The summed E-state index contributed by atoms with van der Waals surface area (Å²) in [7, 11) is 0. The van der Waals surface area contributed by atoms with Crippen molar-refractivity contribution in [3.8, 4) is 0 Å². The fourth-order valence-corrected chi connectivity index (χ4v) is 2.69. The Morgan fingerprint density at radius 3 is 2.70 bits per heavy atom. The Bertz CT molecular complexity index is 659. The zero-order valence-corrected chi connectivity index (χ0v) is 14.8. The van der Waals surface area contributed by atoms with E-state index in [2.05, 4.69) is 16.2 Å². The molecule has 5 heteroatoms. The second-order valence-electron chi connectivity index (χ2n) is 6.89. The summed E-state index contributed by atoms with van der Waals surface area (Å²) >= 11 is 6.05. The number of hydrogen-bond acceptors (Lipinski definition) is 3. The lowest BCUT2D eigenvalue weighted by atomic mass is 9.83. The molecule has 1 N–H and O–H groups in total. The van der Waals surface area contributed by atoms with Crippen molar-refractivity contribution in [2.24, 2.45) is 5.41 Å². The van der Waals surface area contributed by atoms with Crippen LogP contribution in [0.2, 0.25) is 5.02 Å². The Hall–Kier alpha value is -1.65. The highest BCUT2D eigenvalue weighted by Gasteiger charge is 2.31. The van der Waals surface area contributed by atoms with Crippen LogP contribution in [-0.2, 0) is 0 Å². The quantitative estimate of drug-likeness (QED) is 0.883. The molecule has 0 spiro atoms. The van der Waals surface area contributed by atoms with Gasteiger partial charge in [-0.25, -0.2) is 9.67 Å². The molecule has 2 aromatic rings. The first-order valence-electron chi connectivity index (χ1n) is 7.74. The SMILES string of the molecule is C/C(=C\CC(C(O)C(C)(C)C)n1cncn1)c1cccc(Cl)c1. The number of hydrogen-bond donors (Lipinski definition) is 1. The van der Waals surface area contributed by atoms with Crippen LogP contribution in [0, 0.1) is 5.41 Å². The Kier molecular flexibility index (Phi) is 5.60. The predicted molar refractivity (Wildman–Crippen MR) is 94.2 cm³/mol. The third kappa shape index (κ3) is 4.66. The van der Waals surface area contributed by atoms with Crippen LogP contribution in [0.5, 0.6) is 0 Å². The van der Waals surface area contributed by atoms with Gasteiger partial charge >= 0.3 is 0 Å². The predicted octanol–water partition coefficient (Wildman–Crippen LogP) is 4.37. The molecule has 0 bridgehead atoms. The minimum atomic E-state index is -0.535. The summed E-state index contributed by atoms with van der Waals surface area (Å²) in [5, 5.41) is 15.6. The van der Waals surface area contributed by atoms with E-state index in [0.29, 0.717) is 6.42 Å². The fraction of sp³-hybridized carbons (Fsp3) is 0.444. The van der Waals surface area contributed by atoms with Gasteiger partial charge in [0.15, 0.2) is 0 Å². The Morgan fingerprint density at radius 1 is 1.39 bits per heavy atom. The normalized spacial score (nSPS) is 15.5. The molecular formula is C18H24ClN3O. The van der Waals surface area contributed by atoms with E-state index in [-0.39, 0.29) is 11.5 Å². The van der Waals surface area contributed by atoms with Gasteiger partial charge in [0, 0.05) is 5.02 Å². The largest absolute Gasteiger partial charge is 0.390 e. The van der Waals surface area contributed by atoms with Gasteiger partial charge in [0.05, 0.1) is 12.1 Å². The first kappa shape index (κ1) is 17.7. The second kappa shape index (κ2) is 7.28. The Labute approximate surface area is 142 Å². The minimum Gasteiger partial charge on any atom is -0.390 e. The van der Waals surface area contributed by atoms with Crippen molar-refractivity contribution in [3.05, 3.63) is 53.6 Å². The Balaban J connectivity index is 2.23. The van der Waals surface area contributed by atoms with Gasteiger partial charge in [0.25, 0.3) is 0 Å². The van der Waals surface area contributed by atoms with E-state index in [1.165, 1.54) is 6.33 Å². The smallest absolute Gasteiger partial charge is 0.137 e. The van der Waals surface area contributed by atoms with Gasteiger partial charge in [-0.1, -0.05) is 50.6 Å². The van der Waals surface area contributed by atoms with Crippen molar-refractivity contribution in [1.82, 2.24) is 14.8 Å². The molecule has 4 nitrogen and oxygen atoms in total. The van der Waals surface area contributed by atoms with E-state index < -0.39 is 6.10 Å². The first-order chi connectivity index (χ1) is 10.8. The van der Waals surface area contributed by atoms with Gasteiger partial charge in [-0.15, -0.1) is 0 Å². The van der Waals surface area contributed by atoms with Crippen LogP contribution in [0.3, 0.4) is 0 Å². The van der Waals surface area contributed by atoms with Gasteiger partial charge in [0.1, 0.15) is 12.7 Å². The van der Waals surface area contributed by atoms with Gasteiger partial charge in [0.2, 0.25) is 0 Å². The molecule has 0 saturated heterocycles. The second-order valence-corrected chi connectivity index (χ2v) is 7.32. The van der Waals surface area contributed by atoms with Crippen LogP contribution in [0.25, 0.3) is 5.57 Å². The molecule has 23 heavy (non-hydrogen) atoms. The summed E-state index contributed by atoms with van der Waals surface area (Å²) in [6, 6.07) is 7.61. The molecule has 2 unspecified atom stereocenters. The zero-order valence-electron chi connectivity index (χ0n) is 14.1. The molecule has 1 heterocycles. The van der Waals surface area contributed by atoms with E-state index in [1.807, 2.05) is 52.0 Å². The highest BCUT2D eigenvalue weighted by molar-refractivity contribution is 6.30. The topological polar surface area (TPSA) is 50.9 Å². The lowest BCUT2D eigenvalue weighted by molar-refractivity contribution is 0.0134. The molecule has 0 radical (unpaired) electrons. The lowest BCUT2D eigenvalue weighted by Gasteiger charge is -2.32. The highest BCUT2D eigenvalue weighted by Crippen LogP contribution is 2.31. The summed E-state index contributed by atoms with van der Waals surface area (Å²) in [5.41, 5.74) is 1.97. The molecule has 1 aromatic carbocycles. The number of benzene rings is 1. The molecule has 0 aliphatic carbocycles. The first-order valence-corrected chi connectivity index (χ1v) is 8.11.